The Morgan fingerprint density at radius 3 is 2.74 bits per heavy atom. The molecule has 126 valence electrons. The van der Waals surface area contributed by atoms with E-state index in [9.17, 15) is 14.7 Å². The summed E-state index contributed by atoms with van der Waals surface area (Å²) in [7, 11) is 0. The SMILES string of the molecule is Cc1csc2ncc(C(=O)NCC(C)(C)C(O)C(C)C)c(=O)n12. The second kappa shape index (κ2) is 6.41. The van der Waals surface area contributed by atoms with E-state index in [4.69, 9.17) is 0 Å². The molecule has 7 heteroatoms. The highest BCUT2D eigenvalue weighted by atomic mass is 32.1. The molecule has 1 amide bonds. The summed E-state index contributed by atoms with van der Waals surface area (Å²) >= 11 is 1.36. The van der Waals surface area contributed by atoms with Crippen LogP contribution < -0.4 is 10.9 Å². The molecule has 0 saturated heterocycles. The quantitative estimate of drug-likeness (QED) is 0.872. The van der Waals surface area contributed by atoms with Gasteiger partial charge in [-0.25, -0.2) is 4.98 Å². The number of aryl methyl sites for hydroxylation is 1. The lowest BCUT2D eigenvalue weighted by atomic mass is 9.80. The molecule has 0 saturated carbocycles. The summed E-state index contributed by atoms with van der Waals surface area (Å²) in [5.41, 5.74) is -0.0874. The first-order valence-electron chi connectivity index (χ1n) is 7.57. The first-order valence-corrected chi connectivity index (χ1v) is 8.45. The molecule has 2 aromatic rings. The summed E-state index contributed by atoms with van der Waals surface area (Å²) in [6.45, 7) is 9.70. The molecule has 2 aromatic heterocycles. The monoisotopic (exact) mass is 337 g/mol. The first kappa shape index (κ1) is 17.6. The van der Waals surface area contributed by atoms with Crippen LogP contribution in [0, 0.1) is 18.3 Å². The van der Waals surface area contributed by atoms with E-state index < -0.39 is 17.4 Å². The maximum Gasteiger partial charge on any atom is 0.271 e. The normalized spacial score (nSPS) is 13.5. The van der Waals surface area contributed by atoms with E-state index in [-0.39, 0.29) is 23.6 Å². The Morgan fingerprint density at radius 2 is 2.13 bits per heavy atom. The smallest absolute Gasteiger partial charge is 0.271 e. The van der Waals surface area contributed by atoms with Gasteiger partial charge in [0.05, 0.1) is 6.10 Å². The highest BCUT2D eigenvalue weighted by molar-refractivity contribution is 7.15. The lowest BCUT2D eigenvalue weighted by molar-refractivity contribution is 0.0138. The maximum absolute atomic E-state index is 12.4. The number of aliphatic hydroxyl groups is 1. The van der Waals surface area contributed by atoms with Crippen molar-refractivity contribution in [1.82, 2.24) is 14.7 Å². The van der Waals surface area contributed by atoms with E-state index in [0.29, 0.717) is 4.96 Å². The summed E-state index contributed by atoms with van der Waals surface area (Å²) < 4.78 is 1.44. The van der Waals surface area contributed by atoms with Crippen LogP contribution in [0.3, 0.4) is 0 Å². The molecule has 0 bridgehead atoms. The molecule has 2 rings (SSSR count). The van der Waals surface area contributed by atoms with E-state index in [0.717, 1.165) is 5.69 Å². The van der Waals surface area contributed by atoms with Gasteiger partial charge in [0.1, 0.15) is 5.56 Å². The molecule has 0 radical (unpaired) electrons. The molecule has 0 spiro atoms. The minimum atomic E-state index is -0.552. The van der Waals surface area contributed by atoms with Gasteiger partial charge in [-0.1, -0.05) is 27.7 Å². The number of thiazole rings is 1. The number of nitrogens with zero attached hydrogens (tertiary/aromatic N) is 2. The number of aliphatic hydroxyl groups excluding tert-OH is 1. The van der Waals surface area contributed by atoms with Gasteiger partial charge in [-0.3, -0.25) is 14.0 Å². The van der Waals surface area contributed by atoms with Crippen LogP contribution >= 0.6 is 11.3 Å². The molecule has 2 heterocycles. The molecule has 0 aliphatic carbocycles. The van der Waals surface area contributed by atoms with E-state index in [2.05, 4.69) is 10.3 Å². The fourth-order valence-corrected chi connectivity index (χ4v) is 3.42. The van der Waals surface area contributed by atoms with Crippen LogP contribution in [0.15, 0.2) is 16.4 Å². The zero-order valence-electron chi connectivity index (χ0n) is 14.1. The minimum absolute atomic E-state index is 0.0128. The van der Waals surface area contributed by atoms with Gasteiger partial charge in [-0.15, -0.1) is 11.3 Å². The molecule has 6 nitrogen and oxygen atoms in total. The zero-order chi connectivity index (χ0) is 17.4. The highest BCUT2D eigenvalue weighted by Gasteiger charge is 2.31. The van der Waals surface area contributed by atoms with Crippen LogP contribution in [-0.2, 0) is 0 Å². The predicted molar refractivity (Wildman–Crippen MR) is 91.0 cm³/mol. The molecule has 0 fully saturated rings. The molecule has 0 aromatic carbocycles. The molecular formula is C16H23N3O3S. The van der Waals surface area contributed by atoms with Crippen LogP contribution in [-0.4, -0.2) is 33.0 Å². The third-order valence-corrected chi connectivity index (χ3v) is 4.96. The van der Waals surface area contributed by atoms with Gasteiger partial charge < -0.3 is 10.4 Å². The van der Waals surface area contributed by atoms with Gasteiger partial charge in [0, 0.05) is 29.2 Å². The van der Waals surface area contributed by atoms with Crippen molar-refractivity contribution in [2.45, 2.75) is 40.7 Å². The fourth-order valence-electron chi connectivity index (χ4n) is 2.59. The van der Waals surface area contributed by atoms with Crippen LogP contribution in [0.1, 0.15) is 43.7 Å². The van der Waals surface area contributed by atoms with Crippen LogP contribution in [0.5, 0.6) is 0 Å². The van der Waals surface area contributed by atoms with Crippen molar-refractivity contribution in [2.24, 2.45) is 11.3 Å². The van der Waals surface area contributed by atoms with E-state index in [1.54, 1.807) is 6.92 Å². The van der Waals surface area contributed by atoms with Gasteiger partial charge in [-0.05, 0) is 12.8 Å². The summed E-state index contributed by atoms with van der Waals surface area (Å²) in [5, 5.41) is 14.8. The molecule has 1 atom stereocenters. The van der Waals surface area contributed by atoms with Crippen molar-refractivity contribution >= 4 is 22.2 Å². The average molecular weight is 337 g/mol. The van der Waals surface area contributed by atoms with E-state index in [1.165, 1.54) is 21.9 Å². The topological polar surface area (TPSA) is 83.7 Å². The number of aromatic nitrogens is 2. The minimum Gasteiger partial charge on any atom is -0.392 e. The van der Waals surface area contributed by atoms with Crippen molar-refractivity contribution in [1.29, 1.82) is 0 Å². The summed E-state index contributed by atoms with van der Waals surface area (Å²) in [6, 6.07) is 0. The summed E-state index contributed by atoms with van der Waals surface area (Å²) in [5.74, 6) is -0.384. The number of rotatable bonds is 5. The maximum atomic E-state index is 12.4. The largest absolute Gasteiger partial charge is 0.392 e. The molecule has 1 unspecified atom stereocenters. The number of fused-ring (bicyclic) bond motifs is 1. The van der Waals surface area contributed by atoms with Gasteiger partial charge in [0.2, 0.25) is 0 Å². The molecule has 2 N–H and O–H groups in total. The van der Waals surface area contributed by atoms with Crippen molar-refractivity contribution in [3.05, 3.63) is 33.2 Å². The second-order valence-electron chi connectivity index (χ2n) is 6.83. The summed E-state index contributed by atoms with van der Waals surface area (Å²) in [4.78, 5) is 29.5. The van der Waals surface area contributed by atoms with Crippen molar-refractivity contribution < 1.29 is 9.90 Å². The predicted octanol–water partition coefficient (Wildman–Crippen LogP) is 1.84. The lowest BCUT2D eigenvalue weighted by Gasteiger charge is -2.33. The standard InChI is InChI=1S/C16H23N3O3S/c1-9(2)12(20)16(4,5)8-18-13(21)11-6-17-15-19(14(11)22)10(3)7-23-15/h6-7,9,12,20H,8H2,1-5H3,(H,18,21). The van der Waals surface area contributed by atoms with Crippen molar-refractivity contribution in [2.75, 3.05) is 6.54 Å². The lowest BCUT2D eigenvalue weighted by Crippen LogP contribution is -2.44. The molecular weight excluding hydrogens is 314 g/mol. The summed E-state index contributed by atoms with van der Waals surface area (Å²) in [6.07, 6.45) is 0.762. The Hall–Kier alpha value is -1.73. The second-order valence-corrected chi connectivity index (χ2v) is 7.67. The molecule has 0 aliphatic rings. The Morgan fingerprint density at radius 1 is 1.48 bits per heavy atom. The number of amides is 1. The molecule has 23 heavy (non-hydrogen) atoms. The third-order valence-electron chi connectivity index (χ3n) is 4.00. The third kappa shape index (κ3) is 3.45. The van der Waals surface area contributed by atoms with E-state index >= 15 is 0 Å². The van der Waals surface area contributed by atoms with E-state index in [1.807, 2.05) is 33.1 Å². The van der Waals surface area contributed by atoms with Crippen LogP contribution in [0.4, 0.5) is 0 Å². The van der Waals surface area contributed by atoms with Gasteiger partial charge in [0.15, 0.2) is 4.96 Å². The number of hydrogen-bond donors (Lipinski definition) is 2. The average Bonchev–Trinajstić information content (AvgIpc) is 2.86. The Bertz CT molecular complexity index is 776. The van der Waals surface area contributed by atoms with Crippen molar-refractivity contribution in [3.8, 4) is 0 Å². The Balaban J connectivity index is 2.20. The van der Waals surface area contributed by atoms with Gasteiger partial charge in [0.25, 0.3) is 11.5 Å². The highest BCUT2D eigenvalue weighted by Crippen LogP contribution is 2.25. The van der Waals surface area contributed by atoms with Crippen LogP contribution in [0.2, 0.25) is 0 Å². The molecule has 0 aliphatic heterocycles. The fraction of sp³-hybridized carbons (Fsp3) is 0.562. The van der Waals surface area contributed by atoms with Gasteiger partial charge >= 0.3 is 0 Å². The first-order chi connectivity index (χ1) is 10.6. The Labute approximate surface area is 139 Å². The zero-order valence-corrected chi connectivity index (χ0v) is 14.9. The number of carbonyl (C=O) groups excluding carboxylic acids is 1. The Kier molecular flexibility index (Phi) is 4.91. The van der Waals surface area contributed by atoms with Gasteiger partial charge in [-0.2, -0.15) is 0 Å². The van der Waals surface area contributed by atoms with Crippen molar-refractivity contribution in [3.63, 3.8) is 0 Å². The number of carbonyl (C=O) groups is 1. The number of hydrogen-bond acceptors (Lipinski definition) is 5. The number of nitrogens with one attached hydrogen (secondary N) is 1. The van der Waals surface area contributed by atoms with Crippen LogP contribution in [0.25, 0.3) is 4.96 Å².